The summed E-state index contributed by atoms with van der Waals surface area (Å²) in [6.45, 7) is 9.30. The number of pyridine rings is 1. The molecule has 2 aromatic carbocycles. The molecular formula is C27H34N4O3S. The Balaban J connectivity index is 1.50. The normalized spacial score (nSPS) is 15.7. The number of piperazine rings is 1. The van der Waals surface area contributed by atoms with Crippen LogP contribution >= 0.6 is 0 Å². The van der Waals surface area contributed by atoms with Crippen molar-refractivity contribution in [2.75, 3.05) is 44.7 Å². The van der Waals surface area contributed by atoms with Gasteiger partial charge in [-0.15, -0.1) is 0 Å². The summed E-state index contributed by atoms with van der Waals surface area (Å²) in [5.41, 5.74) is 4.75. The van der Waals surface area contributed by atoms with E-state index in [4.69, 9.17) is 4.74 Å². The average Bonchev–Trinajstić information content (AvgIpc) is 2.84. The molecule has 0 spiro atoms. The molecule has 1 N–H and O–H groups in total. The zero-order chi connectivity index (χ0) is 25.0. The number of sulfonamides is 1. The van der Waals surface area contributed by atoms with Crippen molar-refractivity contribution in [1.29, 1.82) is 0 Å². The van der Waals surface area contributed by atoms with Crippen LogP contribution < -0.4 is 14.4 Å². The van der Waals surface area contributed by atoms with Gasteiger partial charge in [0.1, 0.15) is 5.75 Å². The van der Waals surface area contributed by atoms with E-state index in [2.05, 4.69) is 31.6 Å². The molecule has 7 nitrogen and oxygen atoms in total. The first-order valence-electron chi connectivity index (χ1n) is 11.9. The fourth-order valence-corrected chi connectivity index (χ4v) is 6.45. The van der Waals surface area contributed by atoms with Gasteiger partial charge in [-0.25, -0.2) is 13.1 Å². The van der Waals surface area contributed by atoms with Crippen molar-refractivity contribution < 1.29 is 13.2 Å². The van der Waals surface area contributed by atoms with Crippen LogP contribution in [0.2, 0.25) is 0 Å². The lowest BCUT2D eigenvalue weighted by Crippen LogP contribution is -2.50. The number of methoxy groups -OCH3 is 1. The number of aromatic nitrogens is 1. The Labute approximate surface area is 208 Å². The molecule has 1 fully saturated rings. The van der Waals surface area contributed by atoms with E-state index in [1.807, 2.05) is 63.4 Å². The summed E-state index contributed by atoms with van der Waals surface area (Å²) < 4.78 is 34.8. The Morgan fingerprint density at radius 1 is 1.00 bits per heavy atom. The molecule has 0 bridgehead atoms. The van der Waals surface area contributed by atoms with Crippen molar-refractivity contribution in [3.63, 3.8) is 0 Å². The highest BCUT2D eigenvalue weighted by Crippen LogP contribution is 2.26. The van der Waals surface area contributed by atoms with Gasteiger partial charge in [0.05, 0.1) is 18.0 Å². The Kier molecular flexibility index (Phi) is 7.74. The summed E-state index contributed by atoms with van der Waals surface area (Å²) >= 11 is 0. The minimum absolute atomic E-state index is 0.109. The first kappa shape index (κ1) is 25.2. The second-order valence-electron chi connectivity index (χ2n) is 9.10. The van der Waals surface area contributed by atoms with Crippen molar-refractivity contribution in [1.82, 2.24) is 14.6 Å². The van der Waals surface area contributed by atoms with E-state index < -0.39 is 10.0 Å². The van der Waals surface area contributed by atoms with Crippen molar-refractivity contribution in [3.05, 3.63) is 83.2 Å². The fraction of sp³-hybridized carbons (Fsp3) is 0.370. The molecule has 0 saturated carbocycles. The van der Waals surface area contributed by atoms with Crippen molar-refractivity contribution in [3.8, 4) is 5.75 Å². The van der Waals surface area contributed by atoms with Gasteiger partial charge in [0, 0.05) is 50.8 Å². The maximum Gasteiger partial charge on any atom is 0.241 e. The third-order valence-electron chi connectivity index (χ3n) is 6.60. The molecule has 0 radical (unpaired) electrons. The summed E-state index contributed by atoms with van der Waals surface area (Å²) in [5.74, 6) is 0.843. The second-order valence-corrected chi connectivity index (χ2v) is 10.8. The monoisotopic (exact) mass is 494 g/mol. The van der Waals surface area contributed by atoms with Gasteiger partial charge in [-0.1, -0.05) is 23.8 Å². The minimum atomic E-state index is -3.66. The largest absolute Gasteiger partial charge is 0.497 e. The Bertz CT molecular complexity index is 1220. The Morgan fingerprint density at radius 2 is 1.66 bits per heavy atom. The highest BCUT2D eigenvalue weighted by molar-refractivity contribution is 7.89. The number of hydrogen-bond donors (Lipinski definition) is 1. The zero-order valence-electron chi connectivity index (χ0n) is 20.9. The molecule has 0 amide bonds. The van der Waals surface area contributed by atoms with Crippen LogP contribution in [-0.2, 0) is 10.0 Å². The SMILES string of the molecule is COc1ccc(N2CCN([C@H](CNS(=O)(=O)c3c(C)cc(C)cc3C)c3cccnc3)CC2)cc1. The second kappa shape index (κ2) is 10.8. The number of aryl methyl sites for hydroxylation is 3. The van der Waals surface area contributed by atoms with Gasteiger partial charge in [0.2, 0.25) is 10.0 Å². The highest BCUT2D eigenvalue weighted by atomic mass is 32.2. The van der Waals surface area contributed by atoms with Crippen LogP contribution in [-0.4, -0.2) is 58.1 Å². The van der Waals surface area contributed by atoms with Crippen LogP contribution in [0.15, 0.2) is 65.8 Å². The molecule has 2 heterocycles. The van der Waals surface area contributed by atoms with Crippen molar-refractivity contribution in [2.45, 2.75) is 31.7 Å². The fourth-order valence-electron chi connectivity index (χ4n) is 4.97. The van der Waals surface area contributed by atoms with Crippen LogP contribution in [0.4, 0.5) is 5.69 Å². The predicted octanol–water partition coefficient (Wildman–Crippen LogP) is 3.86. The lowest BCUT2D eigenvalue weighted by molar-refractivity contribution is 0.186. The molecule has 1 atom stereocenters. The number of ether oxygens (including phenoxy) is 1. The molecule has 1 saturated heterocycles. The topological polar surface area (TPSA) is 74.8 Å². The maximum absolute atomic E-state index is 13.3. The molecular weight excluding hydrogens is 460 g/mol. The third-order valence-corrected chi connectivity index (χ3v) is 8.33. The van der Waals surface area contributed by atoms with E-state index >= 15 is 0 Å². The molecule has 186 valence electrons. The first-order valence-corrected chi connectivity index (χ1v) is 13.4. The van der Waals surface area contributed by atoms with E-state index in [9.17, 15) is 8.42 Å². The lowest BCUT2D eigenvalue weighted by Gasteiger charge is -2.40. The van der Waals surface area contributed by atoms with E-state index in [-0.39, 0.29) is 12.6 Å². The number of nitrogens with one attached hydrogen (secondary N) is 1. The van der Waals surface area contributed by atoms with E-state index in [0.717, 1.165) is 59.9 Å². The van der Waals surface area contributed by atoms with Crippen LogP contribution in [0.1, 0.15) is 28.3 Å². The molecule has 8 heteroatoms. The zero-order valence-corrected chi connectivity index (χ0v) is 21.7. The summed E-state index contributed by atoms with van der Waals surface area (Å²) in [5, 5.41) is 0. The molecule has 1 aliphatic heterocycles. The van der Waals surface area contributed by atoms with Crippen LogP contribution in [0.25, 0.3) is 0 Å². The number of nitrogens with zero attached hydrogens (tertiary/aromatic N) is 3. The van der Waals surface area contributed by atoms with Gasteiger partial charge in [0.15, 0.2) is 0 Å². The van der Waals surface area contributed by atoms with Gasteiger partial charge in [-0.2, -0.15) is 0 Å². The highest BCUT2D eigenvalue weighted by Gasteiger charge is 2.28. The Morgan fingerprint density at radius 3 is 2.23 bits per heavy atom. The molecule has 4 rings (SSSR count). The standard InChI is InChI=1S/C27H34N4O3S/c1-20-16-21(2)27(22(3)17-20)35(32,33)29-19-26(23-6-5-11-28-18-23)31-14-12-30(13-15-31)24-7-9-25(34-4)10-8-24/h5-11,16-18,26,29H,12-15,19H2,1-4H3/t26-/m1/s1. The maximum atomic E-state index is 13.3. The predicted molar refractivity (Wildman–Crippen MR) is 140 cm³/mol. The molecule has 1 aromatic heterocycles. The average molecular weight is 495 g/mol. The summed E-state index contributed by atoms with van der Waals surface area (Å²) in [7, 11) is -1.99. The van der Waals surface area contributed by atoms with Gasteiger partial charge < -0.3 is 9.64 Å². The molecule has 0 aliphatic carbocycles. The molecule has 0 unspecified atom stereocenters. The van der Waals surface area contributed by atoms with Gasteiger partial charge in [0.25, 0.3) is 0 Å². The number of rotatable bonds is 8. The van der Waals surface area contributed by atoms with Gasteiger partial charge in [-0.3, -0.25) is 9.88 Å². The molecule has 3 aromatic rings. The smallest absolute Gasteiger partial charge is 0.241 e. The number of hydrogen-bond acceptors (Lipinski definition) is 6. The van der Waals surface area contributed by atoms with E-state index in [1.54, 1.807) is 13.3 Å². The summed E-state index contributed by atoms with van der Waals surface area (Å²) in [6, 6.07) is 15.7. The third kappa shape index (κ3) is 5.83. The minimum Gasteiger partial charge on any atom is -0.497 e. The molecule has 1 aliphatic rings. The van der Waals surface area contributed by atoms with Crippen molar-refractivity contribution in [2.24, 2.45) is 0 Å². The van der Waals surface area contributed by atoms with Crippen LogP contribution in [0.5, 0.6) is 5.75 Å². The van der Waals surface area contributed by atoms with E-state index in [0.29, 0.717) is 4.90 Å². The summed E-state index contributed by atoms with van der Waals surface area (Å²) in [4.78, 5) is 9.35. The lowest BCUT2D eigenvalue weighted by atomic mass is 10.1. The van der Waals surface area contributed by atoms with Crippen molar-refractivity contribution >= 4 is 15.7 Å². The van der Waals surface area contributed by atoms with Crippen LogP contribution in [0, 0.1) is 20.8 Å². The van der Waals surface area contributed by atoms with Gasteiger partial charge in [-0.05, 0) is 67.8 Å². The van der Waals surface area contributed by atoms with Gasteiger partial charge >= 0.3 is 0 Å². The first-order chi connectivity index (χ1) is 16.8. The quantitative estimate of drug-likeness (QED) is 0.513. The number of anilines is 1. The summed E-state index contributed by atoms with van der Waals surface area (Å²) in [6.07, 6.45) is 3.57. The van der Waals surface area contributed by atoms with E-state index in [1.165, 1.54) is 0 Å². The molecule has 35 heavy (non-hydrogen) atoms. The Hall–Kier alpha value is -2.94. The number of benzene rings is 2. The van der Waals surface area contributed by atoms with Crippen LogP contribution in [0.3, 0.4) is 0 Å².